The number of amides is 1. The molecule has 1 N–H and O–H groups in total. The van der Waals surface area contributed by atoms with Gasteiger partial charge in [0.05, 0.1) is 17.4 Å². The van der Waals surface area contributed by atoms with E-state index < -0.39 is 12.1 Å². The number of nitrogens with zero attached hydrogens (tertiary/aromatic N) is 2. The lowest BCUT2D eigenvalue weighted by atomic mass is 9.98. The van der Waals surface area contributed by atoms with Gasteiger partial charge in [0.25, 0.3) is 5.91 Å². The smallest absolute Gasteiger partial charge is 0.339 e. The molecule has 2 aromatic carbocycles. The Morgan fingerprint density at radius 2 is 1.92 bits per heavy atom. The number of carbonyl (C=O) groups excluding carboxylic acids is 2. The molecule has 6 heteroatoms. The lowest BCUT2D eigenvalue weighted by molar-refractivity contribution is -0.130. The Balaban J connectivity index is 1.39. The highest BCUT2D eigenvalue weighted by Gasteiger charge is 2.30. The lowest BCUT2D eigenvalue weighted by Crippen LogP contribution is -2.41. The van der Waals surface area contributed by atoms with Gasteiger partial charge in [0.1, 0.15) is 0 Å². The van der Waals surface area contributed by atoms with Gasteiger partial charge in [0.2, 0.25) is 0 Å². The number of benzene rings is 2. The highest BCUT2D eigenvalue weighted by molar-refractivity contribution is 5.95. The Bertz CT molecular complexity index is 950. The first kappa shape index (κ1) is 16.1. The van der Waals surface area contributed by atoms with Crippen LogP contribution in [0.2, 0.25) is 0 Å². The van der Waals surface area contributed by atoms with Gasteiger partial charge in [0, 0.05) is 24.7 Å². The molecule has 0 spiro atoms. The van der Waals surface area contributed by atoms with Gasteiger partial charge in [-0.05, 0) is 23.8 Å². The van der Waals surface area contributed by atoms with E-state index in [1.54, 1.807) is 23.0 Å². The van der Waals surface area contributed by atoms with Crippen LogP contribution in [0.25, 0.3) is 5.69 Å². The van der Waals surface area contributed by atoms with E-state index in [9.17, 15) is 9.59 Å². The zero-order valence-corrected chi connectivity index (χ0v) is 14.0. The largest absolute Gasteiger partial charge is 0.448 e. The van der Waals surface area contributed by atoms with Gasteiger partial charge in [-0.2, -0.15) is 5.10 Å². The van der Waals surface area contributed by atoms with E-state index in [4.69, 9.17) is 4.74 Å². The van der Waals surface area contributed by atoms with Crippen molar-refractivity contribution in [2.75, 3.05) is 0 Å². The molecule has 4 rings (SSSR count). The van der Waals surface area contributed by atoms with Gasteiger partial charge >= 0.3 is 5.97 Å². The molecular weight excluding hydrogens is 330 g/mol. The van der Waals surface area contributed by atoms with Crippen molar-refractivity contribution in [2.45, 2.75) is 19.1 Å². The van der Waals surface area contributed by atoms with Crippen molar-refractivity contribution in [1.29, 1.82) is 0 Å². The molecule has 0 unspecified atom stereocenters. The topological polar surface area (TPSA) is 73.2 Å². The number of para-hydroxylation sites is 1. The quantitative estimate of drug-likeness (QED) is 0.735. The summed E-state index contributed by atoms with van der Waals surface area (Å²) < 4.78 is 7.01. The Hall–Kier alpha value is -3.41. The number of rotatable bonds is 4. The maximum absolute atomic E-state index is 12.4. The summed E-state index contributed by atoms with van der Waals surface area (Å²) in [4.78, 5) is 24.4. The second-order valence-electron chi connectivity index (χ2n) is 6.10. The number of hydrogen-bond donors (Lipinski definition) is 1. The minimum absolute atomic E-state index is 0.305. The molecule has 1 aromatic heterocycles. The Morgan fingerprint density at radius 1 is 1.15 bits per heavy atom. The fraction of sp³-hybridized carbons (Fsp3) is 0.150. The van der Waals surface area contributed by atoms with Crippen LogP contribution in [-0.4, -0.2) is 27.8 Å². The molecule has 130 valence electrons. The molecule has 1 aliphatic rings. The zero-order valence-electron chi connectivity index (χ0n) is 14.0. The Morgan fingerprint density at radius 3 is 2.77 bits per heavy atom. The lowest BCUT2D eigenvalue weighted by Gasteiger charge is -2.23. The summed E-state index contributed by atoms with van der Waals surface area (Å²) in [6, 6.07) is 16.9. The third-order valence-corrected chi connectivity index (χ3v) is 4.31. The van der Waals surface area contributed by atoms with Crippen molar-refractivity contribution < 1.29 is 14.3 Å². The Labute approximate surface area is 150 Å². The van der Waals surface area contributed by atoms with E-state index in [0.29, 0.717) is 18.5 Å². The number of fused-ring (bicyclic) bond motifs is 1. The number of ether oxygens (including phenoxy) is 1. The van der Waals surface area contributed by atoms with E-state index in [2.05, 4.69) is 10.4 Å². The molecule has 1 atom stereocenters. The van der Waals surface area contributed by atoms with E-state index in [1.807, 2.05) is 48.7 Å². The van der Waals surface area contributed by atoms with Crippen LogP contribution in [0.3, 0.4) is 0 Å². The standard InChI is InChI=1S/C20H17N3O3/c24-19(18-10-15-6-4-5-9-17(15)20(25)26-18)21-11-14-12-22-23(13-14)16-7-2-1-3-8-16/h1-9,12-13,18H,10-11H2,(H,21,24)/t18-/m1/s1. The molecule has 3 aromatic rings. The first-order chi connectivity index (χ1) is 12.7. The maximum Gasteiger partial charge on any atom is 0.339 e. The predicted octanol–water partition coefficient (Wildman–Crippen LogP) is 2.27. The second-order valence-corrected chi connectivity index (χ2v) is 6.10. The second kappa shape index (κ2) is 6.84. The molecule has 26 heavy (non-hydrogen) atoms. The molecule has 1 aliphatic heterocycles. The molecule has 6 nitrogen and oxygen atoms in total. The molecule has 0 radical (unpaired) electrons. The van der Waals surface area contributed by atoms with Crippen molar-refractivity contribution in [3.05, 3.63) is 83.7 Å². The number of aromatic nitrogens is 2. The normalized spacial score (nSPS) is 15.8. The van der Waals surface area contributed by atoms with Gasteiger partial charge in [-0.15, -0.1) is 0 Å². The fourth-order valence-electron chi connectivity index (χ4n) is 2.95. The SMILES string of the molecule is O=C1O[C@@H](C(=O)NCc2cnn(-c3ccccc3)c2)Cc2ccccc21. The molecule has 2 heterocycles. The molecule has 0 saturated carbocycles. The van der Waals surface area contributed by atoms with Gasteiger partial charge in [-0.25, -0.2) is 9.48 Å². The van der Waals surface area contributed by atoms with Crippen molar-refractivity contribution in [3.8, 4) is 5.69 Å². The minimum atomic E-state index is -0.804. The number of esters is 1. The zero-order chi connectivity index (χ0) is 17.9. The average molecular weight is 347 g/mol. The minimum Gasteiger partial charge on any atom is -0.448 e. The van der Waals surface area contributed by atoms with Crippen molar-refractivity contribution >= 4 is 11.9 Å². The van der Waals surface area contributed by atoms with E-state index >= 15 is 0 Å². The van der Waals surface area contributed by atoms with Gasteiger partial charge in [-0.3, -0.25) is 4.79 Å². The summed E-state index contributed by atoms with van der Waals surface area (Å²) in [6.45, 7) is 0.321. The molecule has 0 bridgehead atoms. The maximum atomic E-state index is 12.4. The van der Waals surface area contributed by atoms with E-state index in [0.717, 1.165) is 16.8 Å². The highest BCUT2D eigenvalue weighted by atomic mass is 16.5. The molecule has 1 amide bonds. The summed E-state index contributed by atoms with van der Waals surface area (Å²) in [5.41, 5.74) is 3.18. The van der Waals surface area contributed by atoms with Crippen LogP contribution in [0.15, 0.2) is 67.0 Å². The average Bonchev–Trinajstić information content (AvgIpc) is 3.16. The van der Waals surface area contributed by atoms with E-state index in [-0.39, 0.29) is 5.91 Å². The van der Waals surface area contributed by atoms with Crippen LogP contribution >= 0.6 is 0 Å². The third kappa shape index (κ3) is 3.21. The predicted molar refractivity (Wildman–Crippen MR) is 94.8 cm³/mol. The first-order valence-electron chi connectivity index (χ1n) is 8.36. The summed E-state index contributed by atoms with van der Waals surface area (Å²) in [6.07, 6.45) is 3.14. The highest BCUT2D eigenvalue weighted by Crippen LogP contribution is 2.20. The molecule has 0 saturated heterocycles. The van der Waals surface area contributed by atoms with Crippen LogP contribution in [0, 0.1) is 0 Å². The van der Waals surface area contributed by atoms with Crippen LogP contribution in [-0.2, 0) is 22.5 Å². The summed E-state index contributed by atoms with van der Waals surface area (Å²) in [7, 11) is 0. The van der Waals surface area contributed by atoms with Crippen LogP contribution in [0.1, 0.15) is 21.5 Å². The van der Waals surface area contributed by atoms with Gasteiger partial charge in [-0.1, -0.05) is 36.4 Å². The number of carbonyl (C=O) groups is 2. The summed E-state index contributed by atoms with van der Waals surface area (Å²) in [5.74, 6) is -0.760. The number of hydrogen-bond acceptors (Lipinski definition) is 4. The monoisotopic (exact) mass is 347 g/mol. The fourth-order valence-corrected chi connectivity index (χ4v) is 2.95. The molecule has 0 fully saturated rings. The van der Waals surface area contributed by atoms with Crippen molar-refractivity contribution in [3.63, 3.8) is 0 Å². The van der Waals surface area contributed by atoms with Gasteiger partial charge < -0.3 is 10.1 Å². The van der Waals surface area contributed by atoms with Crippen LogP contribution in [0.5, 0.6) is 0 Å². The molecule has 0 aliphatic carbocycles. The van der Waals surface area contributed by atoms with Crippen LogP contribution in [0.4, 0.5) is 0 Å². The Kier molecular flexibility index (Phi) is 4.23. The molecular formula is C20H17N3O3. The third-order valence-electron chi connectivity index (χ3n) is 4.31. The summed E-state index contributed by atoms with van der Waals surface area (Å²) >= 11 is 0. The van der Waals surface area contributed by atoms with Crippen molar-refractivity contribution in [2.24, 2.45) is 0 Å². The van der Waals surface area contributed by atoms with E-state index in [1.165, 1.54) is 0 Å². The number of cyclic esters (lactones) is 1. The first-order valence-corrected chi connectivity index (χ1v) is 8.36. The van der Waals surface area contributed by atoms with Crippen molar-refractivity contribution in [1.82, 2.24) is 15.1 Å². The van der Waals surface area contributed by atoms with Gasteiger partial charge in [0.15, 0.2) is 6.10 Å². The number of nitrogens with one attached hydrogen (secondary N) is 1. The van der Waals surface area contributed by atoms with Crippen LogP contribution < -0.4 is 5.32 Å². The summed E-state index contributed by atoms with van der Waals surface area (Å²) in [5, 5.41) is 7.11.